The predicted octanol–water partition coefficient (Wildman–Crippen LogP) is 23.1. The smallest absolute Gasteiger partial charge is 0.0991 e. The number of allylic oxidation sites excluding steroid dienone is 4. The van der Waals surface area contributed by atoms with Crippen LogP contribution < -0.4 is 19.6 Å². The van der Waals surface area contributed by atoms with Crippen LogP contribution in [0, 0.1) is 39.9 Å². The van der Waals surface area contributed by atoms with E-state index in [1.54, 1.807) is 0 Å². The summed E-state index contributed by atoms with van der Waals surface area (Å²) in [6, 6.07) is 88.1. The zero-order chi connectivity index (χ0) is 60.4. The van der Waals surface area contributed by atoms with Crippen LogP contribution in [0.5, 0.6) is 0 Å². The molecule has 13 aromatic rings. The fourth-order valence-corrected chi connectivity index (χ4v) is 18.3. The lowest BCUT2D eigenvalue weighted by Crippen LogP contribution is -2.23. The SMILES string of the molecule is N#Cc1ccc(N(c2ccc3c4c5c(cc3c2)Sc2c3c(cc6cc(N(c7ccc(C#N)cc7)c7cccc8ccccc78)ccc26)Sc2c(c(cc6cc(N(C7=CCC(C#N)C=C7)c7cccc8ccccc78)ccc26)S4)N53)c2cccc3c2C=CCC3)cc1. The molecule has 426 valence electrons. The van der Waals surface area contributed by atoms with Gasteiger partial charge in [-0.3, -0.25) is 0 Å². The standard InChI is InChI=1S/C81H49N7S3/c82-46-49-22-28-58(29-23-49)85(70-19-7-13-52-10-1-4-16-64(52)70)61-34-37-67-55(40-61)43-73-76-79(67)90-74-44-56-41-63(87(60-32-26-51(48-84)27-33-60)72-21-9-15-54-12-3-6-18-66(54)72)36-39-69(56)81-77(74)88(76)78-75(91-81)45-57-42-62(35-38-68(57)80(78)89-73)86(59-30-24-50(47-83)25-31-59)71-20-8-14-53-11-2-5-17-65(53)71/h1-2,4-11,13-24,26-45,50H,3,12,25H2. The van der Waals surface area contributed by atoms with Gasteiger partial charge in [-0.2, -0.15) is 15.8 Å². The van der Waals surface area contributed by atoms with Crippen LogP contribution >= 0.6 is 35.3 Å². The van der Waals surface area contributed by atoms with Crippen LogP contribution in [-0.2, 0) is 6.42 Å². The van der Waals surface area contributed by atoms with Crippen LogP contribution in [0.1, 0.15) is 35.1 Å². The van der Waals surface area contributed by atoms with Crippen LogP contribution in [0.4, 0.5) is 62.6 Å². The number of hydrogen-bond acceptors (Lipinski definition) is 10. The first-order valence-electron chi connectivity index (χ1n) is 30.5. The number of nitrogens with zero attached hydrogens (tertiary/aromatic N) is 7. The Hall–Kier alpha value is -10.9. The summed E-state index contributed by atoms with van der Waals surface area (Å²) < 4.78 is 0. The predicted molar refractivity (Wildman–Crippen MR) is 377 cm³/mol. The van der Waals surface area contributed by atoms with E-state index in [4.69, 9.17) is 0 Å². The molecule has 0 aromatic heterocycles. The molecule has 1 atom stereocenters. The highest BCUT2D eigenvalue weighted by Crippen LogP contribution is 2.70. The first kappa shape index (κ1) is 53.2. The molecule has 7 nitrogen and oxygen atoms in total. The molecule has 10 heteroatoms. The van der Waals surface area contributed by atoms with E-state index in [1.165, 1.54) is 73.7 Å². The van der Waals surface area contributed by atoms with Gasteiger partial charge in [0.2, 0.25) is 0 Å². The summed E-state index contributed by atoms with van der Waals surface area (Å²) in [5.41, 5.74) is 16.7. The minimum absolute atomic E-state index is 0.173. The Morgan fingerprint density at radius 3 is 1.35 bits per heavy atom. The number of hydrogen-bond donors (Lipinski definition) is 0. The van der Waals surface area contributed by atoms with Gasteiger partial charge in [0.15, 0.2) is 0 Å². The van der Waals surface area contributed by atoms with Gasteiger partial charge >= 0.3 is 0 Å². The van der Waals surface area contributed by atoms with E-state index >= 15 is 0 Å². The van der Waals surface area contributed by atoms with Crippen molar-refractivity contribution in [2.45, 2.75) is 48.6 Å². The molecule has 91 heavy (non-hydrogen) atoms. The zero-order valence-corrected chi connectivity index (χ0v) is 51.3. The van der Waals surface area contributed by atoms with Gasteiger partial charge in [0.05, 0.1) is 69.4 Å². The molecule has 0 bridgehead atoms. The number of fused-ring (bicyclic) bond motifs is 9. The van der Waals surface area contributed by atoms with Gasteiger partial charge in [-0.1, -0.05) is 163 Å². The van der Waals surface area contributed by atoms with E-state index in [1.807, 2.05) is 65.6 Å². The minimum atomic E-state index is -0.173. The molecule has 0 spiro atoms. The Kier molecular flexibility index (Phi) is 12.3. The Labute approximate surface area is 538 Å². The van der Waals surface area contributed by atoms with Crippen LogP contribution in [0.15, 0.2) is 284 Å². The fourth-order valence-electron chi connectivity index (χ4n) is 14.2. The van der Waals surface area contributed by atoms with E-state index in [2.05, 4.69) is 262 Å². The summed E-state index contributed by atoms with van der Waals surface area (Å²) in [5.74, 6) is -0.173. The van der Waals surface area contributed by atoms with Crippen molar-refractivity contribution in [3.8, 4) is 18.2 Å². The number of nitriles is 3. The summed E-state index contributed by atoms with van der Waals surface area (Å²) >= 11 is 5.64. The lowest BCUT2D eigenvalue weighted by atomic mass is 9.94. The fraction of sp³-hybridized carbons (Fsp3) is 0.0494. The lowest BCUT2D eigenvalue weighted by molar-refractivity contribution is 0.824. The number of aryl methyl sites for hydroxylation is 1. The molecule has 0 amide bonds. The third-order valence-corrected chi connectivity index (χ3v) is 21.9. The molecule has 0 fully saturated rings. The minimum Gasteiger partial charge on any atom is -0.310 e. The summed E-state index contributed by atoms with van der Waals surface area (Å²) in [6.45, 7) is 0. The molecule has 3 heterocycles. The molecule has 2 aliphatic carbocycles. The van der Waals surface area contributed by atoms with Gasteiger partial charge in [0, 0.05) is 79.8 Å². The van der Waals surface area contributed by atoms with Crippen LogP contribution in [-0.4, -0.2) is 0 Å². The quantitative estimate of drug-likeness (QED) is 0.139. The van der Waals surface area contributed by atoms with E-state index in [9.17, 15) is 15.8 Å². The molecular formula is C81H49N7S3. The lowest BCUT2D eigenvalue weighted by Gasteiger charge is -2.44. The molecular weight excluding hydrogens is 1170 g/mol. The maximum absolute atomic E-state index is 9.99. The maximum atomic E-state index is 9.99. The molecule has 3 aliphatic heterocycles. The second kappa shape index (κ2) is 21.1. The van der Waals surface area contributed by atoms with Crippen molar-refractivity contribution >= 4 is 158 Å². The van der Waals surface area contributed by atoms with Gasteiger partial charge in [-0.05, 0) is 195 Å². The van der Waals surface area contributed by atoms with E-state index in [-0.39, 0.29) is 5.92 Å². The number of anilines is 11. The Bertz CT molecular complexity index is 5560. The summed E-state index contributed by atoms with van der Waals surface area (Å²) in [6.07, 6.45) is 13.6. The maximum Gasteiger partial charge on any atom is 0.0991 e. The summed E-state index contributed by atoms with van der Waals surface area (Å²) in [7, 11) is 0. The second-order valence-corrected chi connectivity index (χ2v) is 26.7. The van der Waals surface area contributed by atoms with E-state index in [0.717, 1.165) is 102 Å². The normalized spacial score (nSPS) is 14.6. The molecule has 1 unspecified atom stereocenters. The van der Waals surface area contributed by atoms with Crippen LogP contribution in [0.25, 0.3) is 59.9 Å². The topological polar surface area (TPSA) is 84.3 Å². The van der Waals surface area contributed by atoms with Crippen molar-refractivity contribution in [1.82, 2.24) is 0 Å². The van der Waals surface area contributed by atoms with Crippen molar-refractivity contribution in [2.24, 2.45) is 5.92 Å². The van der Waals surface area contributed by atoms with Gasteiger partial charge in [0.1, 0.15) is 0 Å². The van der Waals surface area contributed by atoms with E-state index in [0.29, 0.717) is 17.5 Å². The summed E-state index contributed by atoms with van der Waals surface area (Å²) in [4.78, 5) is 16.9. The Balaban J connectivity index is 0.859. The Morgan fingerprint density at radius 2 is 0.857 bits per heavy atom. The third-order valence-electron chi connectivity index (χ3n) is 18.4. The molecule has 0 N–H and O–H groups in total. The number of rotatable bonds is 9. The summed E-state index contributed by atoms with van der Waals surface area (Å²) in [5, 5.41) is 41.4. The van der Waals surface area contributed by atoms with E-state index < -0.39 is 0 Å². The molecule has 18 rings (SSSR count). The largest absolute Gasteiger partial charge is 0.310 e. The van der Waals surface area contributed by atoms with Crippen LogP contribution in [0.3, 0.4) is 0 Å². The van der Waals surface area contributed by atoms with Gasteiger partial charge in [0.25, 0.3) is 0 Å². The van der Waals surface area contributed by atoms with Crippen molar-refractivity contribution in [1.29, 1.82) is 15.8 Å². The first-order chi connectivity index (χ1) is 44.9. The van der Waals surface area contributed by atoms with Gasteiger partial charge in [-0.15, -0.1) is 0 Å². The first-order valence-corrected chi connectivity index (χ1v) is 33.0. The third kappa shape index (κ3) is 8.51. The second-order valence-electron chi connectivity index (χ2n) is 23.6. The average molecular weight is 1220 g/mol. The molecule has 13 aromatic carbocycles. The highest BCUT2D eigenvalue weighted by Gasteiger charge is 2.42. The van der Waals surface area contributed by atoms with Crippen molar-refractivity contribution in [3.63, 3.8) is 0 Å². The highest BCUT2D eigenvalue weighted by atomic mass is 32.2. The number of benzene rings is 13. The molecule has 0 saturated carbocycles. The Morgan fingerprint density at radius 1 is 0.407 bits per heavy atom. The van der Waals surface area contributed by atoms with Crippen molar-refractivity contribution in [3.05, 3.63) is 277 Å². The van der Waals surface area contributed by atoms with Crippen molar-refractivity contribution in [2.75, 3.05) is 19.6 Å². The monoisotopic (exact) mass is 1220 g/mol. The van der Waals surface area contributed by atoms with Crippen LogP contribution in [0.2, 0.25) is 0 Å². The molecule has 0 radical (unpaired) electrons. The van der Waals surface area contributed by atoms with Gasteiger partial charge in [-0.25, -0.2) is 0 Å². The zero-order valence-electron chi connectivity index (χ0n) is 48.8. The van der Waals surface area contributed by atoms with Crippen molar-refractivity contribution < 1.29 is 0 Å². The average Bonchev–Trinajstić information content (AvgIpc) is 0.702. The van der Waals surface area contributed by atoms with Gasteiger partial charge < -0.3 is 19.6 Å². The molecule has 0 saturated heterocycles. The molecule has 5 aliphatic rings. The highest BCUT2D eigenvalue weighted by molar-refractivity contribution is 8.02.